The first-order valence-electron chi connectivity index (χ1n) is 10.3. The molecule has 0 fully saturated rings. The molecule has 32 heavy (non-hydrogen) atoms. The second-order valence-corrected chi connectivity index (χ2v) is 8.86. The zero-order chi connectivity index (χ0) is 22.9. The van der Waals surface area contributed by atoms with E-state index in [0.29, 0.717) is 23.0 Å². The molecule has 1 unspecified atom stereocenters. The summed E-state index contributed by atoms with van der Waals surface area (Å²) in [6, 6.07) is 23.3. The quantitative estimate of drug-likeness (QED) is 0.267. The third-order valence-electron chi connectivity index (χ3n) is 4.71. The molecule has 0 saturated carbocycles. The number of rotatable bonds is 8. The summed E-state index contributed by atoms with van der Waals surface area (Å²) in [5.41, 5.74) is 3.65. The number of nitrogens with one attached hydrogen (secondary N) is 3. The van der Waals surface area contributed by atoms with E-state index in [-0.39, 0.29) is 11.2 Å². The van der Waals surface area contributed by atoms with Crippen LogP contribution in [0.1, 0.15) is 18.9 Å². The van der Waals surface area contributed by atoms with Crippen LogP contribution in [-0.2, 0) is 4.79 Å². The molecule has 7 heteroatoms. The summed E-state index contributed by atoms with van der Waals surface area (Å²) in [6.07, 6.45) is 0.691. The minimum atomic E-state index is -0.243. The Hall–Kier alpha value is -3.03. The minimum absolute atomic E-state index is 0.0584. The molecule has 0 aliphatic carbocycles. The topological polar surface area (TPSA) is 62.4 Å². The molecule has 0 aliphatic rings. The molecule has 3 aromatic carbocycles. The van der Waals surface area contributed by atoms with Gasteiger partial charge >= 0.3 is 0 Å². The molecular weight excluding hydrogens is 438 g/mol. The van der Waals surface area contributed by atoms with Crippen molar-refractivity contribution < 1.29 is 9.53 Å². The maximum absolute atomic E-state index is 12.9. The largest absolute Gasteiger partial charge is 0.495 e. The number of carbonyl (C=O) groups is 1. The Kier molecular flexibility index (Phi) is 8.53. The summed E-state index contributed by atoms with van der Waals surface area (Å²) in [5.74, 6) is 0.582. The van der Waals surface area contributed by atoms with Gasteiger partial charge < -0.3 is 20.7 Å². The van der Waals surface area contributed by atoms with Gasteiger partial charge in [0.2, 0.25) is 5.91 Å². The number of methoxy groups -OCH3 is 1. The Labute approximate surface area is 199 Å². The Morgan fingerprint density at radius 1 is 0.969 bits per heavy atom. The normalized spacial score (nSPS) is 11.3. The monoisotopic (exact) mass is 465 g/mol. The summed E-state index contributed by atoms with van der Waals surface area (Å²) in [5, 5.41) is 9.64. The molecular formula is C25H27N3O2S2. The minimum Gasteiger partial charge on any atom is -0.495 e. The van der Waals surface area contributed by atoms with Crippen LogP contribution in [-0.4, -0.2) is 23.4 Å². The molecule has 0 heterocycles. The summed E-state index contributed by atoms with van der Waals surface area (Å²) < 4.78 is 5.33. The zero-order valence-corrected chi connectivity index (χ0v) is 20.0. The van der Waals surface area contributed by atoms with Crippen LogP contribution in [0, 0.1) is 6.92 Å². The molecule has 0 aliphatic heterocycles. The van der Waals surface area contributed by atoms with E-state index < -0.39 is 0 Å². The Bertz CT molecular complexity index is 1070. The second kappa shape index (κ2) is 11.5. The molecule has 1 amide bonds. The van der Waals surface area contributed by atoms with Crippen molar-refractivity contribution in [2.75, 3.05) is 23.1 Å². The van der Waals surface area contributed by atoms with Gasteiger partial charge in [-0.05, 0) is 68.0 Å². The lowest BCUT2D eigenvalue weighted by Gasteiger charge is -2.17. The van der Waals surface area contributed by atoms with Gasteiger partial charge in [-0.1, -0.05) is 42.8 Å². The number of ether oxygens (including phenoxy) is 1. The van der Waals surface area contributed by atoms with Gasteiger partial charge in [0, 0.05) is 16.3 Å². The molecule has 0 radical (unpaired) electrons. The highest BCUT2D eigenvalue weighted by Gasteiger charge is 2.19. The Morgan fingerprint density at radius 3 is 2.41 bits per heavy atom. The van der Waals surface area contributed by atoms with Crippen molar-refractivity contribution in [1.82, 2.24) is 0 Å². The second-order valence-electron chi connectivity index (χ2n) is 7.18. The number of para-hydroxylation sites is 2. The van der Waals surface area contributed by atoms with Crippen LogP contribution in [0.5, 0.6) is 5.75 Å². The third kappa shape index (κ3) is 6.73. The first kappa shape index (κ1) is 23.6. The molecule has 5 nitrogen and oxygen atoms in total. The van der Waals surface area contributed by atoms with Crippen molar-refractivity contribution in [2.24, 2.45) is 0 Å². The predicted molar refractivity (Wildman–Crippen MR) is 139 cm³/mol. The zero-order valence-electron chi connectivity index (χ0n) is 18.3. The highest BCUT2D eigenvalue weighted by Crippen LogP contribution is 2.30. The smallest absolute Gasteiger partial charge is 0.237 e. The third-order valence-corrected chi connectivity index (χ3v) is 6.27. The molecule has 3 rings (SSSR count). The molecule has 3 aromatic rings. The molecule has 166 valence electrons. The van der Waals surface area contributed by atoms with Gasteiger partial charge in [0.15, 0.2) is 5.11 Å². The number of aryl methyl sites for hydroxylation is 1. The SMILES string of the molecule is CCC(Sc1cccc(NC(=S)Nc2ccc(C)cc2)c1)C(=O)Nc1ccccc1OC. The van der Waals surface area contributed by atoms with Gasteiger partial charge in [0.25, 0.3) is 0 Å². The van der Waals surface area contributed by atoms with Crippen LogP contribution in [0.3, 0.4) is 0 Å². The van der Waals surface area contributed by atoms with Crippen molar-refractivity contribution in [3.63, 3.8) is 0 Å². The first-order valence-corrected chi connectivity index (χ1v) is 11.6. The average molecular weight is 466 g/mol. The number of thioether (sulfide) groups is 1. The van der Waals surface area contributed by atoms with Crippen molar-refractivity contribution in [3.8, 4) is 5.75 Å². The molecule has 0 spiro atoms. The van der Waals surface area contributed by atoms with E-state index in [1.165, 1.54) is 17.3 Å². The van der Waals surface area contributed by atoms with Crippen LogP contribution < -0.4 is 20.7 Å². The predicted octanol–water partition coefficient (Wildman–Crippen LogP) is 6.32. The Balaban J connectivity index is 1.62. The van der Waals surface area contributed by atoms with E-state index >= 15 is 0 Å². The van der Waals surface area contributed by atoms with Crippen molar-refractivity contribution in [3.05, 3.63) is 78.4 Å². The molecule has 3 N–H and O–H groups in total. The number of hydrogen-bond donors (Lipinski definition) is 3. The van der Waals surface area contributed by atoms with Gasteiger partial charge in [-0.3, -0.25) is 4.79 Å². The highest BCUT2D eigenvalue weighted by molar-refractivity contribution is 8.00. The number of hydrogen-bond acceptors (Lipinski definition) is 4. The van der Waals surface area contributed by atoms with Crippen LogP contribution in [0.4, 0.5) is 17.1 Å². The summed E-state index contributed by atoms with van der Waals surface area (Å²) in [4.78, 5) is 13.9. The van der Waals surface area contributed by atoms with Crippen LogP contribution >= 0.6 is 24.0 Å². The maximum Gasteiger partial charge on any atom is 0.237 e. The van der Waals surface area contributed by atoms with E-state index in [4.69, 9.17) is 17.0 Å². The summed E-state index contributed by atoms with van der Waals surface area (Å²) in [7, 11) is 1.59. The lowest BCUT2D eigenvalue weighted by molar-refractivity contribution is -0.115. The number of anilines is 3. The van der Waals surface area contributed by atoms with Crippen LogP contribution in [0.15, 0.2) is 77.7 Å². The summed E-state index contributed by atoms with van der Waals surface area (Å²) >= 11 is 6.96. The Morgan fingerprint density at radius 2 is 1.69 bits per heavy atom. The van der Waals surface area contributed by atoms with Crippen molar-refractivity contribution in [2.45, 2.75) is 30.4 Å². The van der Waals surface area contributed by atoms with Gasteiger partial charge in [0.1, 0.15) is 5.75 Å². The molecule has 0 saturated heterocycles. The van der Waals surface area contributed by atoms with Crippen molar-refractivity contribution >= 4 is 52.1 Å². The number of thiocarbonyl (C=S) groups is 1. The van der Waals surface area contributed by atoms with Gasteiger partial charge in [0.05, 0.1) is 18.0 Å². The summed E-state index contributed by atoms with van der Waals surface area (Å²) in [6.45, 7) is 4.05. The fourth-order valence-corrected chi connectivity index (χ4v) is 4.27. The molecule has 0 aromatic heterocycles. The molecule has 0 bridgehead atoms. The van der Waals surface area contributed by atoms with Gasteiger partial charge in [-0.15, -0.1) is 11.8 Å². The van der Waals surface area contributed by atoms with Crippen LogP contribution in [0.25, 0.3) is 0 Å². The van der Waals surface area contributed by atoms with E-state index in [1.807, 2.05) is 86.6 Å². The van der Waals surface area contributed by atoms with Crippen LogP contribution in [0.2, 0.25) is 0 Å². The standard InChI is InChI=1S/C25H27N3O2S2/c1-4-23(24(29)28-21-10-5-6-11-22(21)30-3)32-20-9-7-8-19(16-20)27-25(31)26-18-14-12-17(2)13-15-18/h5-16,23H,4H2,1-3H3,(H,28,29)(H2,26,27,31). The lowest BCUT2D eigenvalue weighted by atomic mass is 10.2. The van der Waals surface area contributed by atoms with E-state index in [2.05, 4.69) is 16.0 Å². The number of benzene rings is 3. The van der Waals surface area contributed by atoms with E-state index in [0.717, 1.165) is 16.3 Å². The van der Waals surface area contributed by atoms with E-state index in [9.17, 15) is 4.79 Å². The van der Waals surface area contributed by atoms with Gasteiger partial charge in [-0.25, -0.2) is 0 Å². The van der Waals surface area contributed by atoms with E-state index in [1.54, 1.807) is 7.11 Å². The number of carbonyl (C=O) groups excluding carboxylic acids is 1. The maximum atomic E-state index is 12.9. The first-order chi connectivity index (χ1) is 15.5. The highest BCUT2D eigenvalue weighted by atomic mass is 32.2. The van der Waals surface area contributed by atoms with Gasteiger partial charge in [-0.2, -0.15) is 0 Å². The lowest BCUT2D eigenvalue weighted by Crippen LogP contribution is -2.24. The fraction of sp³-hybridized carbons (Fsp3) is 0.200. The van der Waals surface area contributed by atoms with Crippen molar-refractivity contribution in [1.29, 1.82) is 0 Å². The average Bonchev–Trinajstić information content (AvgIpc) is 2.79. The fourth-order valence-electron chi connectivity index (χ4n) is 3.03. The number of amides is 1. The molecule has 1 atom stereocenters.